The highest BCUT2D eigenvalue weighted by molar-refractivity contribution is 5.98. The number of hydrogen-bond donors (Lipinski definition) is 0. The van der Waals surface area contributed by atoms with Gasteiger partial charge in [0.1, 0.15) is 0 Å². The molecule has 0 aliphatic rings. The third kappa shape index (κ3) is 5.37. The molecule has 0 unspecified atom stereocenters. The number of hydrogen-bond acceptors (Lipinski definition) is 3. The van der Waals surface area contributed by atoms with E-state index in [9.17, 15) is 9.59 Å². The number of carbonyl (C=O) groups excluding carboxylic acids is 2. The van der Waals surface area contributed by atoms with Gasteiger partial charge in [-0.2, -0.15) is 0 Å². The van der Waals surface area contributed by atoms with E-state index < -0.39 is 0 Å². The Balaban J connectivity index is 1.89. The maximum atomic E-state index is 12.1. The van der Waals surface area contributed by atoms with Crippen molar-refractivity contribution >= 4 is 11.8 Å². The summed E-state index contributed by atoms with van der Waals surface area (Å²) in [7, 11) is 0. The molecule has 0 N–H and O–H groups in total. The topological polar surface area (TPSA) is 43.4 Å². The molecule has 3 heteroatoms. The van der Waals surface area contributed by atoms with Crippen LogP contribution in [0.4, 0.5) is 0 Å². The smallest absolute Gasteiger partial charge is 0.306 e. The molecule has 120 valence electrons. The van der Waals surface area contributed by atoms with Crippen LogP contribution in [0.2, 0.25) is 0 Å². The molecule has 2 rings (SSSR count). The number of ketones is 1. The fourth-order valence-electron chi connectivity index (χ4n) is 2.19. The SMILES string of the molecule is CC(C)CCC(=O)OCC(=O)c1ccc(-c2ccccc2)cc1. The zero-order valence-corrected chi connectivity index (χ0v) is 13.6. The molecule has 0 radical (unpaired) electrons. The second-order valence-electron chi connectivity index (χ2n) is 5.96. The molecule has 3 nitrogen and oxygen atoms in total. The minimum absolute atomic E-state index is 0.178. The molecule has 2 aromatic rings. The molecule has 0 aliphatic carbocycles. The first kappa shape index (κ1) is 16.9. The molecule has 2 aromatic carbocycles. The van der Waals surface area contributed by atoms with Crippen LogP contribution in [0.1, 0.15) is 37.0 Å². The summed E-state index contributed by atoms with van der Waals surface area (Å²) in [5.74, 6) is -0.0424. The van der Waals surface area contributed by atoms with Gasteiger partial charge in [0, 0.05) is 12.0 Å². The molecule has 0 amide bonds. The van der Waals surface area contributed by atoms with Gasteiger partial charge in [0.25, 0.3) is 0 Å². The molecule has 0 aliphatic heterocycles. The normalized spacial score (nSPS) is 10.6. The summed E-state index contributed by atoms with van der Waals surface area (Å²) in [6, 6.07) is 17.3. The molecule has 0 spiro atoms. The van der Waals surface area contributed by atoms with Gasteiger partial charge in [0.2, 0.25) is 0 Å². The van der Waals surface area contributed by atoms with Crippen LogP contribution in [0.5, 0.6) is 0 Å². The second-order valence-corrected chi connectivity index (χ2v) is 5.96. The summed E-state index contributed by atoms with van der Waals surface area (Å²) in [4.78, 5) is 23.6. The van der Waals surface area contributed by atoms with Crippen LogP contribution in [0.25, 0.3) is 11.1 Å². The lowest BCUT2D eigenvalue weighted by Crippen LogP contribution is -2.14. The third-order valence-electron chi connectivity index (χ3n) is 3.60. The Hall–Kier alpha value is -2.42. The van der Waals surface area contributed by atoms with Crippen LogP contribution in [-0.2, 0) is 9.53 Å². The van der Waals surface area contributed by atoms with Gasteiger partial charge >= 0.3 is 5.97 Å². The Morgan fingerprint density at radius 3 is 2.13 bits per heavy atom. The summed E-state index contributed by atoms with van der Waals surface area (Å²) < 4.78 is 5.04. The fourth-order valence-corrected chi connectivity index (χ4v) is 2.19. The molecule has 0 aromatic heterocycles. The highest BCUT2D eigenvalue weighted by atomic mass is 16.5. The van der Waals surface area contributed by atoms with E-state index >= 15 is 0 Å². The number of ether oxygens (including phenoxy) is 1. The second kappa shape index (κ2) is 8.28. The summed E-state index contributed by atoms with van der Waals surface area (Å²) in [5.41, 5.74) is 2.71. The van der Waals surface area contributed by atoms with Crippen molar-refractivity contribution in [1.29, 1.82) is 0 Å². The number of Topliss-reactive ketones (excluding diaryl/α,β-unsaturated/α-hetero) is 1. The Bertz CT molecular complexity index is 642. The highest BCUT2D eigenvalue weighted by Crippen LogP contribution is 2.19. The van der Waals surface area contributed by atoms with Gasteiger partial charge in [-0.05, 0) is 23.5 Å². The van der Waals surface area contributed by atoms with E-state index in [-0.39, 0.29) is 18.4 Å². The minimum Gasteiger partial charge on any atom is -0.457 e. The molecule has 0 saturated carbocycles. The van der Waals surface area contributed by atoms with E-state index in [1.54, 1.807) is 12.1 Å². The van der Waals surface area contributed by atoms with E-state index in [2.05, 4.69) is 0 Å². The number of rotatable bonds is 7. The third-order valence-corrected chi connectivity index (χ3v) is 3.60. The molecule has 0 atom stereocenters. The van der Waals surface area contributed by atoms with Gasteiger partial charge in [-0.15, -0.1) is 0 Å². The summed E-state index contributed by atoms with van der Waals surface area (Å²) >= 11 is 0. The average Bonchev–Trinajstić information content (AvgIpc) is 2.58. The van der Waals surface area contributed by atoms with Gasteiger partial charge in [0.05, 0.1) is 0 Å². The van der Waals surface area contributed by atoms with Crippen molar-refractivity contribution in [3.63, 3.8) is 0 Å². The number of benzene rings is 2. The van der Waals surface area contributed by atoms with E-state index in [0.29, 0.717) is 17.9 Å². The van der Waals surface area contributed by atoms with Crippen molar-refractivity contribution in [1.82, 2.24) is 0 Å². The van der Waals surface area contributed by atoms with Gasteiger partial charge in [-0.25, -0.2) is 0 Å². The standard InChI is InChI=1S/C20H22O3/c1-15(2)8-13-20(22)23-14-19(21)18-11-9-17(10-12-18)16-6-4-3-5-7-16/h3-7,9-12,15H,8,13-14H2,1-2H3. The van der Waals surface area contributed by atoms with E-state index in [1.807, 2.05) is 56.3 Å². The highest BCUT2D eigenvalue weighted by Gasteiger charge is 2.10. The Labute approximate surface area is 137 Å². The zero-order valence-electron chi connectivity index (χ0n) is 13.6. The lowest BCUT2D eigenvalue weighted by molar-refractivity contribution is -0.142. The monoisotopic (exact) mass is 310 g/mol. The first-order valence-corrected chi connectivity index (χ1v) is 7.90. The summed E-state index contributed by atoms with van der Waals surface area (Å²) in [5, 5.41) is 0. The van der Waals surface area contributed by atoms with Crippen molar-refractivity contribution < 1.29 is 14.3 Å². The lowest BCUT2D eigenvalue weighted by Gasteiger charge is -2.07. The van der Waals surface area contributed by atoms with Gasteiger partial charge in [-0.1, -0.05) is 68.4 Å². The molecule has 0 heterocycles. The van der Waals surface area contributed by atoms with Crippen molar-refractivity contribution in [3.8, 4) is 11.1 Å². The minimum atomic E-state index is -0.312. The number of esters is 1. The van der Waals surface area contributed by atoms with Crippen LogP contribution in [-0.4, -0.2) is 18.4 Å². The molecule has 0 fully saturated rings. The van der Waals surface area contributed by atoms with E-state index in [4.69, 9.17) is 4.74 Å². The van der Waals surface area contributed by atoms with Crippen LogP contribution in [0.3, 0.4) is 0 Å². The summed E-state index contributed by atoms with van der Waals surface area (Å²) in [6.45, 7) is 3.90. The first-order valence-electron chi connectivity index (χ1n) is 7.90. The quantitative estimate of drug-likeness (QED) is 0.558. The van der Waals surface area contributed by atoms with Crippen molar-refractivity contribution in [3.05, 3.63) is 60.2 Å². The van der Waals surface area contributed by atoms with Crippen LogP contribution >= 0.6 is 0 Å². The van der Waals surface area contributed by atoms with Crippen molar-refractivity contribution in [2.75, 3.05) is 6.61 Å². The van der Waals surface area contributed by atoms with E-state index in [0.717, 1.165) is 17.5 Å². The predicted octanol–water partition coefficient (Wildman–Crippen LogP) is 4.52. The molecule has 23 heavy (non-hydrogen) atoms. The lowest BCUT2D eigenvalue weighted by atomic mass is 10.0. The van der Waals surface area contributed by atoms with Crippen LogP contribution in [0.15, 0.2) is 54.6 Å². The maximum Gasteiger partial charge on any atom is 0.306 e. The molecule has 0 saturated heterocycles. The fraction of sp³-hybridized carbons (Fsp3) is 0.300. The average molecular weight is 310 g/mol. The van der Waals surface area contributed by atoms with Crippen molar-refractivity contribution in [2.24, 2.45) is 5.92 Å². The van der Waals surface area contributed by atoms with Gasteiger partial charge in [-0.3, -0.25) is 9.59 Å². The largest absolute Gasteiger partial charge is 0.457 e. The van der Waals surface area contributed by atoms with Crippen molar-refractivity contribution in [2.45, 2.75) is 26.7 Å². The van der Waals surface area contributed by atoms with Gasteiger partial charge < -0.3 is 4.74 Å². The molecule has 0 bridgehead atoms. The number of carbonyl (C=O) groups is 2. The summed E-state index contributed by atoms with van der Waals surface area (Å²) in [6.07, 6.45) is 1.14. The Kier molecular flexibility index (Phi) is 6.10. The Morgan fingerprint density at radius 1 is 0.913 bits per heavy atom. The zero-order chi connectivity index (χ0) is 16.7. The van der Waals surface area contributed by atoms with Crippen LogP contribution < -0.4 is 0 Å². The molecular formula is C20H22O3. The molecular weight excluding hydrogens is 288 g/mol. The Morgan fingerprint density at radius 2 is 1.52 bits per heavy atom. The maximum absolute atomic E-state index is 12.1. The first-order chi connectivity index (χ1) is 11.1. The predicted molar refractivity (Wildman–Crippen MR) is 91.2 cm³/mol. The van der Waals surface area contributed by atoms with Crippen LogP contribution in [0, 0.1) is 5.92 Å². The van der Waals surface area contributed by atoms with E-state index in [1.165, 1.54) is 0 Å². The van der Waals surface area contributed by atoms with Gasteiger partial charge in [0.15, 0.2) is 12.4 Å².